The van der Waals surface area contributed by atoms with Gasteiger partial charge in [0.25, 0.3) is 0 Å². The molecule has 1 aliphatic rings. The molecule has 1 unspecified atom stereocenters. The predicted molar refractivity (Wildman–Crippen MR) is 79.0 cm³/mol. The molecule has 2 N–H and O–H groups in total. The SMILES string of the molecule is CCCC1Cc2[nH]c3ccc(OC)cc3c2CCN1. The van der Waals surface area contributed by atoms with Crippen LogP contribution in [0.4, 0.5) is 0 Å². The second-order valence-corrected chi connectivity index (χ2v) is 5.39. The zero-order valence-corrected chi connectivity index (χ0v) is 11.8. The Morgan fingerprint density at radius 2 is 2.26 bits per heavy atom. The number of rotatable bonds is 3. The van der Waals surface area contributed by atoms with Crippen molar-refractivity contribution in [3.8, 4) is 5.75 Å². The van der Waals surface area contributed by atoms with Crippen molar-refractivity contribution in [1.82, 2.24) is 10.3 Å². The van der Waals surface area contributed by atoms with E-state index >= 15 is 0 Å². The highest BCUT2D eigenvalue weighted by molar-refractivity contribution is 5.86. The Bertz CT molecular complexity index is 573. The third-order valence-electron chi connectivity index (χ3n) is 4.10. The minimum absolute atomic E-state index is 0.612. The Hall–Kier alpha value is -1.48. The van der Waals surface area contributed by atoms with Crippen molar-refractivity contribution < 1.29 is 4.74 Å². The smallest absolute Gasteiger partial charge is 0.119 e. The van der Waals surface area contributed by atoms with E-state index in [2.05, 4.69) is 29.4 Å². The van der Waals surface area contributed by atoms with Gasteiger partial charge in [-0.3, -0.25) is 0 Å². The predicted octanol–water partition coefficient (Wildman–Crippen LogP) is 3.03. The molecule has 102 valence electrons. The van der Waals surface area contributed by atoms with Crippen molar-refractivity contribution in [1.29, 1.82) is 0 Å². The molecule has 0 bridgehead atoms. The summed E-state index contributed by atoms with van der Waals surface area (Å²) in [6, 6.07) is 6.93. The van der Waals surface area contributed by atoms with Crippen molar-refractivity contribution in [2.24, 2.45) is 0 Å². The lowest BCUT2D eigenvalue weighted by Gasteiger charge is -2.14. The van der Waals surface area contributed by atoms with Crippen molar-refractivity contribution in [2.75, 3.05) is 13.7 Å². The minimum Gasteiger partial charge on any atom is -0.497 e. The molecule has 0 amide bonds. The van der Waals surface area contributed by atoms with Crippen LogP contribution in [0.1, 0.15) is 31.0 Å². The van der Waals surface area contributed by atoms with Gasteiger partial charge in [-0.15, -0.1) is 0 Å². The fraction of sp³-hybridized carbons (Fsp3) is 0.500. The Kier molecular flexibility index (Phi) is 3.47. The van der Waals surface area contributed by atoms with Crippen molar-refractivity contribution >= 4 is 10.9 Å². The van der Waals surface area contributed by atoms with E-state index in [1.165, 1.54) is 35.0 Å². The van der Waals surface area contributed by atoms with Gasteiger partial charge in [0.15, 0.2) is 0 Å². The fourth-order valence-electron chi connectivity index (χ4n) is 3.14. The molecule has 19 heavy (non-hydrogen) atoms. The van der Waals surface area contributed by atoms with Crippen LogP contribution in [0.5, 0.6) is 5.75 Å². The first kappa shape index (κ1) is 12.5. The molecule has 0 aliphatic carbocycles. The quantitative estimate of drug-likeness (QED) is 0.888. The summed E-state index contributed by atoms with van der Waals surface area (Å²) in [4.78, 5) is 3.60. The molecule has 1 aromatic carbocycles. The van der Waals surface area contributed by atoms with E-state index < -0.39 is 0 Å². The number of ether oxygens (including phenoxy) is 1. The first-order chi connectivity index (χ1) is 9.31. The summed E-state index contributed by atoms with van der Waals surface area (Å²) in [6.07, 6.45) is 4.70. The van der Waals surface area contributed by atoms with Crippen LogP contribution in [0.15, 0.2) is 18.2 Å². The maximum absolute atomic E-state index is 5.34. The second kappa shape index (κ2) is 5.25. The summed E-state index contributed by atoms with van der Waals surface area (Å²) in [5, 5.41) is 4.98. The molecule has 0 spiro atoms. The van der Waals surface area contributed by atoms with Gasteiger partial charge in [-0.25, -0.2) is 0 Å². The number of H-pyrrole nitrogens is 1. The second-order valence-electron chi connectivity index (χ2n) is 5.39. The Morgan fingerprint density at radius 3 is 3.05 bits per heavy atom. The highest BCUT2D eigenvalue weighted by atomic mass is 16.5. The molecule has 0 radical (unpaired) electrons. The third kappa shape index (κ3) is 2.35. The van der Waals surface area contributed by atoms with E-state index in [0.29, 0.717) is 6.04 Å². The number of benzene rings is 1. The molecule has 1 aromatic heterocycles. The number of aromatic nitrogens is 1. The molecule has 2 heterocycles. The van der Waals surface area contributed by atoms with Gasteiger partial charge in [0.2, 0.25) is 0 Å². The van der Waals surface area contributed by atoms with Crippen molar-refractivity contribution in [2.45, 2.75) is 38.6 Å². The molecule has 0 fully saturated rings. The maximum Gasteiger partial charge on any atom is 0.119 e. The molecule has 2 aromatic rings. The summed E-state index contributed by atoms with van der Waals surface area (Å²) in [7, 11) is 1.73. The molecule has 0 saturated heterocycles. The molecule has 3 heteroatoms. The van der Waals surface area contributed by atoms with Crippen LogP contribution in [0, 0.1) is 0 Å². The zero-order chi connectivity index (χ0) is 13.2. The van der Waals surface area contributed by atoms with Gasteiger partial charge in [-0.1, -0.05) is 13.3 Å². The first-order valence-corrected chi connectivity index (χ1v) is 7.22. The zero-order valence-electron chi connectivity index (χ0n) is 11.8. The van der Waals surface area contributed by atoms with E-state index in [1.807, 2.05) is 6.07 Å². The molecule has 1 atom stereocenters. The van der Waals surface area contributed by atoms with Crippen LogP contribution in [0.25, 0.3) is 10.9 Å². The van der Waals surface area contributed by atoms with Crippen LogP contribution < -0.4 is 10.1 Å². The molecule has 1 aliphatic heterocycles. The number of hydrogen-bond donors (Lipinski definition) is 2. The molecular weight excluding hydrogens is 236 g/mol. The van der Waals surface area contributed by atoms with Crippen LogP contribution in [0.3, 0.4) is 0 Å². The normalized spacial score (nSPS) is 19.2. The lowest BCUT2D eigenvalue weighted by atomic mass is 10.0. The fourth-order valence-corrected chi connectivity index (χ4v) is 3.14. The van der Waals surface area contributed by atoms with Gasteiger partial charge in [0.1, 0.15) is 5.75 Å². The standard InChI is InChI=1S/C16H22N2O/c1-3-4-11-9-16-13(7-8-17-11)14-10-12(19-2)5-6-15(14)18-16/h5-6,10-11,17-18H,3-4,7-9H2,1-2H3. The van der Waals surface area contributed by atoms with E-state index in [1.54, 1.807) is 7.11 Å². The molecule has 0 saturated carbocycles. The molecular formula is C16H22N2O. The summed E-state index contributed by atoms with van der Waals surface area (Å²) in [5.41, 5.74) is 4.12. The van der Waals surface area contributed by atoms with Gasteiger partial charge in [-0.05, 0) is 43.1 Å². The lowest BCUT2D eigenvalue weighted by molar-refractivity contribution is 0.415. The highest BCUT2D eigenvalue weighted by Crippen LogP contribution is 2.29. The number of nitrogens with one attached hydrogen (secondary N) is 2. The minimum atomic E-state index is 0.612. The van der Waals surface area contributed by atoms with E-state index in [9.17, 15) is 0 Å². The number of fused-ring (bicyclic) bond motifs is 3. The summed E-state index contributed by atoms with van der Waals surface area (Å²) in [6.45, 7) is 3.32. The lowest BCUT2D eigenvalue weighted by Crippen LogP contribution is -2.30. The van der Waals surface area contributed by atoms with Gasteiger partial charge in [0, 0.05) is 29.1 Å². The number of aromatic amines is 1. The number of hydrogen-bond acceptors (Lipinski definition) is 2. The average Bonchev–Trinajstić information content (AvgIpc) is 2.63. The maximum atomic E-state index is 5.34. The van der Waals surface area contributed by atoms with Gasteiger partial charge < -0.3 is 15.0 Å². The third-order valence-corrected chi connectivity index (χ3v) is 4.10. The van der Waals surface area contributed by atoms with E-state index in [0.717, 1.165) is 25.1 Å². The topological polar surface area (TPSA) is 37.0 Å². The Balaban J connectivity index is 2.01. The van der Waals surface area contributed by atoms with Gasteiger partial charge >= 0.3 is 0 Å². The van der Waals surface area contributed by atoms with Crippen molar-refractivity contribution in [3.05, 3.63) is 29.5 Å². The van der Waals surface area contributed by atoms with Crippen LogP contribution in [0.2, 0.25) is 0 Å². The summed E-state index contributed by atoms with van der Waals surface area (Å²) >= 11 is 0. The monoisotopic (exact) mass is 258 g/mol. The van der Waals surface area contributed by atoms with Gasteiger partial charge in [0.05, 0.1) is 7.11 Å². The molecule has 3 nitrogen and oxygen atoms in total. The number of methoxy groups -OCH3 is 1. The molecule has 3 rings (SSSR count). The van der Waals surface area contributed by atoms with Gasteiger partial charge in [-0.2, -0.15) is 0 Å². The van der Waals surface area contributed by atoms with E-state index in [-0.39, 0.29) is 0 Å². The van der Waals surface area contributed by atoms with Crippen molar-refractivity contribution in [3.63, 3.8) is 0 Å². The van der Waals surface area contributed by atoms with Crippen LogP contribution in [-0.2, 0) is 12.8 Å². The van der Waals surface area contributed by atoms with Crippen LogP contribution in [-0.4, -0.2) is 24.7 Å². The Morgan fingerprint density at radius 1 is 1.37 bits per heavy atom. The Labute approximate surface area is 114 Å². The first-order valence-electron chi connectivity index (χ1n) is 7.22. The highest BCUT2D eigenvalue weighted by Gasteiger charge is 2.19. The van der Waals surface area contributed by atoms with E-state index in [4.69, 9.17) is 4.74 Å². The summed E-state index contributed by atoms with van der Waals surface area (Å²) < 4.78 is 5.34. The summed E-state index contributed by atoms with van der Waals surface area (Å²) in [5.74, 6) is 0.941. The largest absolute Gasteiger partial charge is 0.497 e. The van der Waals surface area contributed by atoms with Crippen LogP contribution >= 0.6 is 0 Å². The average molecular weight is 258 g/mol.